The maximum Gasteiger partial charge on any atom is 0.258 e. The van der Waals surface area contributed by atoms with E-state index in [0.29, 0.717) is 6.42 Å². The summed E-state index contributed by atoms with van der Waals surface area (Å²) in [6.07, 6.45) is 0.523. The van der Waals surface area contributed by atoms with Gasteiger partial charge in [0.2, 0.25) is 0 Å². The molecule has 0 saturated carbocycles. The van der Waals surface area contributed by atoms with Gasteiger partial charge in [-0.1, -0.05) is 6.92 Å². The van der Waals surface area contributed by atoms with Crippen LogP contribution < -0.4 is 11.5 Å². The topological polar surface area (TPSA) is 66.9 Å². The summed E-state index contributed by atoms with van der Waals surface area (Å²) in [5, 5.41) is 0. The van der Waals surface area contributed by atoms with Crippen LogP contribution in [-0.2, 0) is 4.79 Å². The van der Waals surface area contributed by atoms with Crippen molar-refractivity contribution in [3.8, 4) is 0 Å². The van der Waals surface area contributed by atoms with Crippen LogP contribution in [0.5, 0.6) is 0 Å². The number of rotatable bonds is 2. The van der Waals surface area contributed by atoms with Crippen LogP contribution in [0.3, 0.4) is 0 Å². The van der Waals surface area contributed by atoms with Gasteiger partial charge in [-0.05, 0) is 13.3 Å². The summed E-state index contributed by atoms with van der Waals surface area (Å²) >= 11 is 0. The fourth-order valence-corrected chi connectivity index (χ4v) is 0.161. The van der Waals surface area contributed by atoms with Crippen molar-refractivity contribution in [3.05, 3.63) is 0 Å². The average Bonchev–Trinajstić information content (AvgIpc) is 1.67. The largest absolute Gasteiger partial charge is 0.318 e. The lowest BCUT2D eigenvalue weighted by Gasteiger charge is -2.15. The van der Waals surface area contributed by atoms with Crippen molar-refractivity contribution in [2.24, 2.45) is 5.73 Å². The van der Waals surface area contributed by atoms with Crippen LogP contribution >= 0.6 is 0 Å². The minimum absolute atomic E-state index is 0.523. The zero-order chi connectivity index (χ0) is 6.78. The number of carbonyl (C=O) groups is 1. The van der Waals surface area contributed by atoms with Crippen LogP contribution in [0.4, 0.5) is 0 Å². The maximum atomic E-state index is 10.2. The van der Waals surface area contributed by atoms with Gasteiger partial charge in [-0.2, -0.15) is 0 Å². The molecule has 0 rings (SSSR count). The van der Waals surface area contributed by atoms with E-state index in [9.17, 15) is 4.79 Å². The van der Waals surface area contributed by atoms with E-state index >= 15 is 0 Å². The monoisotopic (exact) mass is 115 g/mol. The van der Waals surface area contributed by atoms with Crippen LogP contribution in [0, 0.1) is 0 Å². The molecule has 0 aliphatic carbocycles. The van der Waals surface area contributed by atoms with E-state index in [0.717, 1.165) is 0 Å². The first-order valence-electron chi connectivity index (χ1n) is 2.55. The van der Waals surface area contributed by atoms with E-state index in [1.807, 2.05) is 0 Å². The minimum atomic E-state index is -0.931. The molecular weight excluding hydrogens is 104 g/mol. The summed E-state index contributed by atoms with van der Waals surface area (Å²) < 4.78 is 0. The molecule has 0 bridgehead atoms. The number of carbonyl (C=O) groups excluding carboxylic acids is 1. The zero-order valence-electron chi connectivity index (χ0n) is 5.19. The molecule has 0 fully saturated rings. The molecule has 1 atom stereocenters. The number of hydrogen-bond donors (Lipinski definition) is 1. The summed E-state index contributed by atoms with van der Waals surface area (Å²) in [5.41, 5.74) is 11.0. The Kier molecular flexibility index (Phi) is 1.98. The van der Waals surface area contributed by atoms with Crippen LogP contribution in [0.15, 0.2) is 0 Å². The number of nitrogens with one attached hydrogen (secondary N) is 1. The number of amides is 1. The fraction of sp³-hybridized carbons (Fsp3) is 0.800. The summed E-state index contributed by atoms with van der Waals surface area (Å²) in [6, 6.07) is 0. The molecule has 8 heavy (non-hydrogen) atoms. The first-order chi connectivity index (χ1) is 3.50. The van der Waals surface area contributed by atoms with Crippen molar-refractivity contribution in [3.63, 3.8) is 0 Å². The Morgan fingerprint density at radius 1 is 1.88 bits per heavy atom. The first-order valence-corrected chi connectivity index (χ1v) is 2.55. The highest BCUT2D eigenvalue weighted by molar-refractivity contribution is 5.82. The van der Waals surface area contributed by atoms with Crippen LogP contribution in [-0.4, -0.2) is 11.4 Å². The van der Waals surface area contributed by atoms with Crippen LogP contribution in [0.25, 0.3) is 0 Å². The molecular formula is C5H11N2O. The first kappa shape index (κ1) is 7.43. The van der Waals surface area contributed by atoms with Crippen LogP contribution in [0.1, 0.15) is 20.3 Å². The molecule has 47 valence electrons. The highest BCUT2D eigenvalue weighted by atomic mass is 16.1. The summed E-state index contributed by atoms with van der Waals surface area (Å²) in [5.74, 6) is -0.694. The number of nitrogens with two attached hydrogens (primary N) is 1. The SMILES string of the molecule is CCC(C)(N)C([NH])=O. The lowest BCUT2D eigenvalue weighted by molar-refractivity contribution is -0.123. The van der Waals surface area contributed by atoms with Gasteiger partial charge in [-0.3, -0.25) is 10.5 Å². The predicted molar refractivity (Wildman–Crippen MR) is 31.0 cm³/mol. The standard InChI is InChI=1S/C5H11N2O/c1-3-5(2,7)4(6)8/h6H,3,7H2,1-2H3. The molecule has 1 unspecified atom stereocenters. The smallest absolute Gasteiger partial charge is 0.258 e. The van der Waals surface area contributed by atoms with E-state index in [1.165, 1.54) is 0 Å². The van der Waals surface area contributed by atoms with E-state index in [4.69, 9.17) is 11.5 Å². The third-order valence-corrected chi connectivity index (χ3v) is 1.25. The molecule has 3 heteroatoms. The molecule has 0 aromatic heterocycles. The van der Waals surface area contributed by atoms with Gasteiger partial charge < -0.3 is 5.73 Å². The highest BCUT2D eigenvalue weighted by Gasteiger charge is 2.22. The lowest BCUT2D eigenvalue weighted by Crippen LogP contribution is -2.44. The summed E-state index contributed by atoms with van der Waals surface area (Å²) in [7, 11) is 0. The average molecular weight is 115 g/mol. The van der Waals surface area contributed by atoms with Gasteiger partial charge in [-0.25, -0.2) is 0 Å². The van der Waals surface area contributed by atoms with Gasteiger partial charge >= 0.3 is 0 Å². The van der Waals surface area contributed by atoms with Gasteiger partial charge in [0.25, 0.3) is 5.91 Å². The Hall–Kier alpha value is -0.570. The van der Waals surface area contributed by atoms with Gasteiger partial charge in [-0.15, -0.1) is 0 Å². The van der Waals surface area contributed by atoms with Gasteiger partial charge in [0, 0.05) is 0 Å². The normalized spacial score (nSPS) is 17.4. The van der Waals surface area contributed by atoms with E-state index in [-0.39, 0.29) is 0 Å². The molecule has 0 spiro atoms. The van der Waals surface area contributed by atoms with Crippen molar-refractivity contribution in [1.82, 2.24) is 5.73 Å². The molecule has 1 radical (unpaired) electrons. The molecule has 3 N–H and O–H groups in total. The van der Waals surface area contributed by atoms with Crippen LogP contribution in [0.2, 0.25) is 0 Å². The Balaban J connectivity index is 3.91. The Morgan fingerprint density at radius 3 is 2.25 bits per heavy atom. The Bertz CT molecular complexity index is 98.6. The molecule has 0 aromatic carbocycles. The Morgan fingerprint density at radius 2 is 2.25 bits per heavy atom. The van der Waals surface area contributed by atoms with Crippen molar-refractivity contribution < 1.29 is 4.79 Å². The molecule has 1 amide bonds. The van der Waals surface area contributed by atoms with E-state index in [1.54, 1.807) is 13.8 Å². The maximum absolute atomic E-state index is 10.2. The van der Waals surface area contributed by atoms with Crippen molar-refractivity contribution in [1.29, 1.82) is 0 Å². The zero-order valence-corrected chi connectivity index (χ0v) is 5.19. The Labute approximate surface area is 49.0 Å². The summed E-state index contributed by atoms with van der Waals surface area (Å²) in [6.45, 7) is 3.34. The molecule has 0 saturated heterocycles. The number of hydrogen-bond acceptors (Lipinski definition) is 2. The lowest BCUT2D eigenvalue weighted by atomic mass is 10.0. The van der Waals surface area contributed by atoms with Gasteiger partial charge in [0.05, 0.1) is 5.54 Å². The van der Waals surface area contributed by atoms with E-state index < -0.39 is 11.4 Å². The second-order valence-corrected chi connectivity index (χ2v) is 2.10. The quantitative estimate of drug-likeness (QED) is 0.547. The third kappa shape index (κ3) is 1.50. The molecule has 0 aromatic rings. The molecule has 3 nitrogen and oxygen atoms in total. The van der Waals surface area contributed by atoms with E-state index in [2.05, 4.69) is 0 Å². The van der Waals surface area contributed by atoms with Crippen molar-refractivity contribution in [2.75, 3.05) is 0 Å². The second kappa shape index (κ2) is 2.13. The highest BCUT2D eigenvalue weighted by Crippen LogP contribution is 2.02. The van der Waals surface area contributed by atoms with Crippen molar-refractivity contribution in [2.45, 2.75) is 25.8 Å². The second-order valence-electron chi connectivity index (χ2n) is 2.10. The fourth-order valence-electron chi connectivity index (χ4n) is 0.161. The summed E-state index contributed by atoms with van der Waals surface area (Å²) in [4.78, 5) is 10.2. The molecule has 0 heterocycles. The third-order valence-electron chi connectivity index (χ3n) is 1.25. The minimum Gasteiger partial charge on any atom is -0.318 e. The van der Waals surface area contributed by atoms with Crippen molar-refractivity contribution >= 4 is 5.91 Å². The van der Waals surface area contributed by atoms with Gasteiger partial charge in [0.1, 0.15) is 0 Å². The molecule has 0 aliphatic rings. The predicted octanol–water partition coefficient (Wildman–Crippen LogP) is -0.0767. The molecule has 0 aliphatic heterocycles. The van der Waals surface area contributed by atoms with Gasteiger partial charge in [0.15, 0.2) is 0 Å².